The summed E-state index contributed by atoms with van der Waals surface area (Å²) in [5.41, 5.74) is 0. The fourth-order valence-corrected chi connectivity index (χ4v) is 3.27. The number of likely N-dealkylation sites (N-methyl/N-ethyl adjacent to an activating group) is 2. The van der Waals surface area contributed by atoms with Crippen molar-refractivity contribution >= 4 is 29.7 Å². The SMILES string of the molecule is CNC(=O)CN(C)C(=O)CN1C(=O)C(=O)N([C@@H]2CCCC[C@H]2C)C1=O. The van der Waals surface area contributed by atoms with Crippen LogP contribution < -0.4 is 5.32 Å². The highest BCUT2D eigenvalue weighted by Crippen LogP contribution is 2.31. The van der Waals surface area contributed by atoms with Gasteiger partial charge >= 0.3 is 17.8 Å². The molecule has 25 heavy (non-hydrogen) atoms. The van der Waals surface area contributed by atoms with Crippen LogP contribution in [0.15, 0.2) is 0 Å². The van der Waals surface area contributed by atoms with Gasteiger partial charge in [0, 0.05) is 20.1 Å². The molecule has 0 aromatic carbocycles. The van der Waals surface area contributed by atoms with Gasteiger partial charge in [0.1, 0.15) is 6.54 Å². The average Bonchev–Trinajstić information content (AvgIpc) is 2.79. The Kier molecular flexibility index (Phi) is 5.76. The van der Waals surface area contributed by atoms with E-state index >= 15 is 0 Å². The molecule has 1 aliphatic carbocycles. The highest BCUT2D eigenvalue weighted by atomic mass is 16.2. The van der Waals surface area contributed by atoms with Crippen LogP contribution in [-0.2, 0) is 19.2 Å². The van der Waals surface area contributed by atoms with Crippen molar-refractivity contribution in [1.29, 1.82) is 0 Å². The first kappa shape index (κ1) is 18.9. The molecule has 1 aliphatic heterocycles. The van der Waals surface area contributed by atoms with Gasteiger partial charge in [-0.05, 0) is 18.8 Å². The number of urea groups is 1. The number of amides is 6. The summed E-state index contributed by atoms with van der Waals surface area (Å²) in [7, 11) is 2.83. The predicted octanol–water partition coefficient (Wildman–Crippen LogP) is -0.440. The summed E-state index contributed by atoms with van der Waals surface area (Å²) < 4.78 is 0. The number of hydrogen-bond acceptors (Lipinski definition) is 5. The quantitative estimate of drug-likeness (QED) is 0.533. The molecule has 0 aromatic heterocycles. The second-order valence-electron chi connectivity index (χ2n) is 6.60. The fraction of sp³-hybridized carbons (Fsp3) is 0.688. The molecule has 9 nitrogen and oxygen atoms in total. The van der Waals surface area contributed by atoms with Crippen LogP contribution in [0, 0.1) is 5.92 Å². The van der Waals surface area contributed by atoms with Gasteiger partial charge < -0.3 is 10.2 Å². The monoisotopic (exact) mass is 352 g/mol. The molecule has 1 N–H and O–H groups in total. The van der Waals surface area contributed by atoms with E-state index in [0.29, 0.717) is 11.3 Å². The maximum Gasteiger partial charge on any atom is 0.334 e. The van der Waals surface area contributed by atoms with Gasteiger partial charge in [-0.25, -0.2) is 9.69 Å². The molecule has 1 saturated heterocycles. The molecule has 138 valence electrons. The number of rotatable bonds is 5. The maximum atomic E-state index is 12.6. The van der Waals surface area contributed by atoms with Gasteiger partial charge in [-0.15, -0.1) is 0 Å². The van der Waals surface area contributed by atoms with E-state index in [-0.39, 0.29) is 24.4 Å². The summed E-state index contributed by atoms with van der Waals surface area (Å²) in [5, 5.41) is 2.38. The van der Waals surface area contributed by atoms with Crippen molar-refractivity contribution in [3.63, 3.8) is 0 Å². The van der Waals surface area contributed by atoms with Crippen molar-refractivity contribution in [2.24, 2.45) is 5.92 Å². The lowest BCUT2D eigenvalue weighted by Crippen LogP contribution is -2.47. The van der Waals surface area contributed by atoms with Crippen molar-refractivity contribution in [3.8, 4) is 0 Å². The van der Waals surface area contributed by atoms with Gasteiger partial charge in [0.15, 0.2) is 0 Å². The minimum atomic E-state index is -0.982. The first-order valence-electron chi connectivity index (χ1n) is 8.41. The molecule has 0 unspecified atom stereocenters. The molecule has 1 heterocycles. The topological polar surface area (TPSA) is 107 Å². The van der Waals surface area contributed by atoms with Crippen LogP contribution in [0.3, 0.4) is 0 Å². The summed E-state index contributed by atoms with van der Waals surface area (Å²) in [5.74, 6) is -2.68. The van der Waals surface area contributed by atoms with Gasteiger partial charge in [0.05, 0.1) is 6.54 Å². The third-order valence-electron chi connectivity index (χ3n) is 4.86. The zero-order valence-corrected chi connectivity index (χ0v) is 14.8. The van der Waals surface area contributed by atoms with Crippen molar-refractivity contribution in [1.82, 2.24) is 20.0 Å². The normalized spacial score (nSPS) is 23.9. The van der Waals surface area contributed by atoms with Crippen LogP contribution in [0.25, 0.3) is 0 Å². The minimum Gasteiger partial charge on any atom is -0.358 e. The number of carbonyl (C=O) groups excluding carboxylic acids is 5. The summed E-state index contributed by atoms with van der Waals surface area (Å²) in [4.78, 5) is 63.3. The smallest absolute Gasteiger partial charge is 0.334 e. The number of nitrogens with one attached hydrogen (secondary N) is 1. The second-order valence-corrected chi connectivity index (χ2v) is 6.60. The van der Waals surface area contributed by atoms with Crippen molar-refractivity contribution in [3.05, 3.63) is 0 Å². The molecule has 0 aromatic rings. The molecule has 6 amide bonds. The Bertz CT molecular complexity index is 605. The molecule has 2 rings (SSSR count). The molecule has 0 bridgehead atoms. The molecule has 0 radical (unpaired) electrons. The Balaban J connectivity index is 2.08. The highest BCUT2D eigenvalue weighted by Gasteiger charge is 2.49. The molecule has 0 spiro atoms. The van der Waals surface area contributed by atoms with Crippen LogP contribution in [0.1, 0.15) is 32.6 Å². The van der Waals surface area contributed by atoms with E-state index in [1.165, 1.54) is 14.1 Å². The van der Waals surface area contributed by atoms with Crippen LogP contribution in [0.5, 0.6) is 0 Å². The number of imide groups is 2. The van der Waals surface area contributed by atoms with Crippen LogP contribution in [0.4, 0.5) is 4.79 Å². The van der Waals surface area contributed by atoms with Crippen molar-refractivity contribution in [2.75, 3.05) is 27.2 Å². The van der Waals surface area contributed by atoms with Gasteiger partial charge in [-0.3, -0.25) is 24.1 Å². The summed E-state index contributed by atoms with van der Waals surface area (Å²) >= 11 is 0. The zero-order chi connectivity index (χ0) is 18.7. The van der Waals surface area contributed by atoms with E-state index in [2.05, 4.69) is 5.32 Å². The Morgan fingerprint density at radius 1 is 1.16 bits per heavy atom. The van der Waals surface area contributed by atoms with Crippen LogP contribution in [-0.4, -0.2) is 77.6 Å². The third-order valence-corrected chi connectivity index (χ3v) is 4.86. The van der Waals surface area contributed by atoms with E-state index in [1.54, 1.807) is 0 Å². The maximum absolute atomic E-state index is 12.6. The standard InChI is InChI=1S/C16H24N4O5/c1-10-6-4-5-7-11(10)20-15(24)14(23)19(16(20)25)9-13(22)18(3)8-12(21)17-2/h10-11H,4-9H2,1-3H3,(H,17,21)/t10-,11-/m1/s1. The fourth-order valence-electron chi connectivity index (χ4n) is 3.27. The van der Waals surface area contributed by atoms with Crippen LogP contribution >= 0.6 is 0 Å². The molecule has 2 aliphatic rings. The number of nitrogens with zero attached hydrogens (tertiary/aromatic N) is 3. The van der Waals surface area contributed by atoms with E-state index in [4.69, 9.17) is 0 Å². The third kappa shape index (κ3) is 3.80. The first-order chi connectivity index (χ1) is 11.8. The largest absolute Gasteiger partial charge is 0.358 e. The molecular weight excluding hydrogens is 328 g/mol. The predicted molar refractivity (Wildman–Crippen MR) is 87.1 cm³/mol. The minimum absolute atomic E-state index is 0.126. The average molecular weight is 352 g/mol. The van der Waals surface area contributed by atoms with E-state index in [1.807, 2.05) is 6.92 Å². The van der Waals surface area contributed by atoms with Gasteiger partial charge in [-0.1, -0.05) is 19.8 Å². The van der Waals surface area contributed by atoms with Gasteiger partial charge in [0.2, 0.25) is 11.8 Å². The molecule has 1 saturated carbocycles. The molecule has 9 heteroatoms. The summed E-state index contributed by atoms with van der Waals surface area (Å²) in [6.07, 6.45) is 3.50. The van der Waals surface area contributed by atoms with Gasteiger partial charge in [-0.2, -0.15) is 0 Å². The van der Waals surface area contributed by atoms with E-state index in [0.717, 1.165) is 29.1 Å². The highest BCUT2D eigenvalue weighted by molar-refractivity contribution is 6.45. The summed E-state index contributed by atoms with van der Waals surface area (Å²) in [6, 6.07) is -1.04. The lowest BCUT2D eigenvalue weighted by Gasteiger charge is -2.34. The Hall–Kier alpha value is -2.45. The van der Waals surface area contributed by atoms with Gasteiger partial charge in [0.25, 0.3) is 0 Å². The van der Waals surface area contributed by atoms with Crippen LogP contribution in [0.2, 0.25) is 0 Å². The lowest BCUT2D eigenvalue weighted by atomic mass is 9.85. The summed E-state index contributed by atoms with van der Waals surface area (Å²) in [6.45, 7) is 1.22. The van der Waals surface area contributed by atoms with E-state index < -0.39 is 30.3 Å². The Labute approximate surface area is 146 Å². The Morgan fingerprint density at radius 2 is 1.80 bits per heavy atom. The second kappa shape index (κ2) is 7.62. The molecular formula is C16H24N4O5. The number of hydrogen-bond donors (Lipinski definition) is 1. The van der Waals surface area contributed by atoms with E-state index in [9.17, 15) is 24.0 Å². The zero-order valence-electron chi connectivity index (χ0n) is 14.8. The lowest BCUT2D eigenvalue weighted by molar-refractivity contribution is -0.146. The molecule has 2 fully saturated rings. The number of carbonyl (C=O) groups is 5. The van der Waals surface area contributed by atoms with Crippen molar-refractivity contribution in [2.45, 2.75) is 38.6 Å². The molecule has 2 atom stereocenters. The van der Waals surface area contributed by atoms with Crippen molar-refractivity contribution < 1.29 is 24.0 Å². The first-order valence-corrected chi connectivity index (χ1v) is 8.41. The Morgan fingerprint density at radius 3 is 2.40 bits per heavy atom.